The molecule has 0 bridgehead atoms. The molecule has 138 valence electrons. The van der Waals surface area contributed by atoms with E-state index >= 15 is 0 Å². The molecule has 5 nitrogen and oxygen atoms in total. The number of nitrogens with one attached hydrogen (secondary N) is 1. The molecule has 1 aliphatic heterocycles. The molecule has 2 heterocycles. The van der Waals surface area contributed by atoms with Crippen LogP contribution in [-0.2, 0) is 17.9 Å². The maximum absolute atomic E-state index is 5.90. The lowest BCUT2D eigenvalue weighted by Crippen LogP contribution is -2.39. The standard InChI is InChI=1S/C20H25ClN4O/c1-22-20(24-12-17-7-8-19(21)23-11-17)25-10-9-18(13-25)15-26-14-16-5-3-2-4-6-16/h2-8,11,18H,9-10,12-15H2,1H3,(H,22,24). The summed E-state index contributed by atoms with van der Waals surface area (Å²) in [5.41, 5.74) is 2.30. The molecule has 0 spiro atoms. The Kier molecular flexibility index (Phi) is 6.86. The van der Waals surface area contributed by atoms with Gasteiger partial charge in [-0.2, -0.15) is 0 Å². The van der Waals surface area contributed by atoms with E-state index in [4.69, 9.17) is 16.3 Å². The van der Waals surface area contributed by atoms with Crippen molar-refractivity contribution in [3.05, 3.63) is 64.9 Å². The fourth-order valence-electron chi connectivity index (χ4n) is 3.10. The summed E-state index contributed by atoms with van der Waals surface area (Å²) in [4.78, 5) is 10.8. The van der Waals surface area contributed by atoms with Crippen LogP contribution in [0.15, 0.2) is 53.7 Å². The van der Waals surface area contributed by atoms with Crippen molar-refractivity contribution in [1.29, 1.82) is 0 Å². The monoisotopic (exact) mass is 372 g/mol. The summed E-state index contributed by atoms with van der Waals surface area (Å²) in [5.74, 6) is 1.46. The first-order valence-corrected chi connectivity index (χ1v) is 9.30. The predicted octanol–water partition coefficient (Wildman–Crippen LogP) is 3.35. The molecule has 0 radical (unpaired) electrons. The van der Waals surface area contributed by atoms with Gasteiger partial charge in [-0.3, -0.25) is 4.99 Å². The predicted molar refractivity (Wildman–Crippen MR) is 105 cm³/mol. The van der Waals surface area contributed by atoms with Gasteiger partial charge in [-0.1, -0.05) is 48.0 Å². The molecule has 6 heteroatoms. The second-order valence-electron chi connectivity index (χ2n) is 6.49. The van der Waals surface area contributed by atoms with E-state index in [1.807, 2.05) is 31.3 Å². The average Bonchev–Trinajstić information content (AvgIpc) is 3.13. The first-order chi connectivity index (χ1) is 12.7. The molecule has 1 aromatic carbocycles. The smallest absolute Gasteiger partial charge is 0.193 e. The molecule has 1 aliphatic rings. The van der Waals surface area contributed by atoms with Crippen LogP contribution in [0.5, 0.6) is 0 Å². The van der Waals surface area contributed by atoms with Gasteiger partial charge in [0.15, 0.2) is 5.96 Å². The number of halogens is 1. The highest BCUT2D eigenvalue weighted by atomic mass is 35.5. The van der Waals surface area contributed by atoms with E-state index in [0.29, 0.717) is 24.2 Å². The van der Waals surface area contributed by atoms with E-state index in [0.717, 1.165) is 37.6 Å². The van der Waals surface area contributed by atoms with E-state index in [9.17, 15) is 0 Å². The minimum Gasteiger partial charge on any atom is -0.376 e. The van der Waals surface area contributed by atoms with E-state index in [1.165, 1.54) is 5.56 Å². The van der Waals surface area contributed by atoms with Crippen molar-refractivity contribution in [2.45, 2.75) is 19.6 Å². The number of ether oxygens (including phenoxy) is 1. The van der Waals surface area contributed by atoms with Crippen LogP contribution in [-0.4, -0.2) is 42.6 Å². The molecular weight excluding hydrogens is 348 g/mol. The second kappa shape index (κ2) is 9.55. The molecule has 0 saturated carbocycles. The van der Waals surface area contributed by atoms with E-state index in [2.05, 4.69) is 32.3 Å². The molecule has 0 aliphatic carbocycles. The second-order valence-corrected chi connectivity index (χ2v) is 6.88. The minimum absolute atomic E-state index is 0.510. The number of guanidine groups is 1. The van der Waals surface area contributed by atoms with Gasteiger partial charge >= 0.3 is 0 Å². The van der Waals surface area contributed by atoms with Crippen LogP contribution in [0.3, 0.4) is 0 Å². The third-order valence-corrected chi connectivity index (χ3v) is 4.73. The van der Waals surface area contributed by atoms with Crippen LogP contribution < -0.4 is 5.32 Å². The largest absolute Gasteiger partial charge is 0.376 e. The van der Waals surface area contributed by atoms with Crippen LogP contribution >= 0.6 is 11.6 Å². The Balaban J connectivity index is 1.42. The zero-order chi connectivity index (χ0) is 18.2. The van der Waals surface area contributed by atoms with Gasteiger partial charge in [0.2, 0.25) is 0 Å². The van der Waals surface area contributed by atoms with Crippen molar-refractivity contribution in [3.8, 4) is 0 Å². The van der Waals surface area contributed by atoms with Crippen molar-refractivity contribution in [3.63, 3.8) is 0 Å². The number of rotatable bonds is 6. The van der Waals surface area contributed by atoms with E-state index < -0.39 is 0 Å². The first kappa shape index (κ1) is 18.7. The zero-order valence-corrected chi connectivity index (χ0v) is 15.8. The highest BCUT2D eigenvalue weighted by Gasteiger charge is 2.24. The Morgan fingerprint density at radius 1 is 1.27 bits per heavy atom. The Morgan fingerprint density at radius 3 is 2.85 bits per heavy atom. The Hall–Kier alpha value is -2.11. The maximum atomic E-state index is 5.90. The van der Waals surface area contributed by atoms with Crippen LogP contribution in [0.1, 0.15) is 17.5 Å². The summed E-state index contributed by atoms with van der Waals surface area (Å²) in [6, 6.07) is 14.1. The van der Waals surface area contributed by atoms with Crippen molar-refractivity contribution in [2.24, 2.45) is 10.9 Å². The fraction of sp³-hybridized carbons (Fsp3) is 0.400. The Bertz CT molecular complexity index is 706. The normalized spacial score (nSPS) is 17.5. The van der Waals surface area contributed by atoms with Crippen LogP contribution in [0.25, 0.3) is 0 Å². The molecule has 3 rings (SSSR count). The number of nitrogens with zero attached hydrogens (tertiary/aromatic N) is 3. The van der Waals surface area contributed by atoms with Crippen molar-refractivity contribution in [1.82, 2.24) is 15.2 Å². The highest BCUT2D eigenvalue weighted by Crippen LogP contribution is 2.17. The summed E-state index contributed by atoms with van der Waals surface area (Å²) in [6.07, 6.45) is 2.91. The SMILES string of the molecule is CN=C(NCc1ccc(Cl)nc1)N1CCC(COCc2ccccc2)C1. The Morgan fingerprint density at radius 2 is 2.12 bits per heavy atom. The van der Waals surface area contributed by atoms with Gasteiger partial charge in [0, 0.05) is 38.8 Å². The van der Waals surface area contributed by atoms with Crippen LogP contribution in [0, 0.1) is 5.92 Å². The first-order valence-electron chi connectivity index (χ1n) is 8.92. The molecular formula is C20H25ClN4O. The third kappa shape index (κ3) is 5.44. The molecule has 1 fully saturated rings. The van der Waals surface area contributed by atoms with Gasteiger partial charge in [-0.25, -0.2) is 4.98 Å². The van der Waals surface area contributed by atoms with Crippen molar-refractivity contribution >= 4 is 17.6 Å². The summed E-state index contributed by atoms with van der Waals surface area (Å²) < 4.78 is 5.90. The van der Waals surface area contributed by atoms with Gasteiger partial charge in [-0.15, -0.1) is 0 Å². The van der Waals surface area contributed by atoms with Gasteiger partial charge < -0.3 is 15.0 Å². The lowest BCUT2D eigenvalue weighted by atomic mass is 10.1. The minimum atomic E-state index is 0.510. The van der Waals surface area contributed by atoms with Gasteiger partial charge in [0.05, 0.1) is 13.2 Å². The van der Waals surface area contributed by atoms with Crippen molar-refractivity contribution < 1.29 is 4.74 Å². The van der Waals surface area contributed by atoms with Gasteiger partial charge in [0.25, 0.3) is 0 Å². The highest BCUT2D eigenvalue weighted by molar-refractivity contribution is 6.29. The summed E-state index contributed by atoms with van der Waals surface area (Å²) >= 11 is 5.83. The third-order valence-electron chi connectivity index (χ3n) is 4.50. The fourth-order valence-corrected chi connectivity index (χ4v) is 3.21. The Labute approximate surface area is 160 Å². The number of aliphatic imine (C=N–C) groups is 1. The van der Waals surface area contributed by atoms with Crippen LogP contribution in [0.2, 0.25) is 5.15 Å². The topological polar surface area (TPSA) is 49.8 Å². The molecule has 1 N–H and O–H groups in total. The summed E-state index contributed by atoms with van der Waals surface area (Å²) in [5, 5.41) is 3.91. The van der Waals surface area contributed by atoms with E-state index in [1.54, 1.807) is 12.3 Å². The average molecular weight is 373 g/mol. The number of hydrogen-bond donors (Lipinski definition) is 1. The zero-order valence-electron chi connectivity index (χ0n) is 15.1. The lowest BCUT2D eigenvalue weighted by Gasteiger charge is -2.21. The quantitative estimate of drug-likeness (QED) is 0.480. The molecule has 26 heavy (non-hydrogen) atoms. The van der Waals surface area contributed by atoms with Gasteiger partial charge in [0.1, 0.15) is 5.15 Å². The van der Waals surface area contributed by atoms with E-state index in [-0.39, 0.29) is 0 Å². The molecule has 1 aromatic heterocycles. The number of likely N-dealkylation sites (tertiary alicyclic amines) is 1. The molecule has 2 aromatic rings. The molecule has 1 saturated heterocycles. The summed E-state index contributed by atoms with van der Waals surface area (Å²) in [7, 11) is 1.82. The maximum Gasteiger partial charge on any atom is 0.193 e. The van der Waals surface area contributed by atoms with Crippen LogP contribution in [0.4, 0.5) is 0 Å². The number of benzene rings is 1. The van der Waals surface area contributed by atoms with Gasteiger partial charge in [-0.05, 0) is 23.6 Å². The lowest BCUT2D eigenvalue weighted by molar-refractivity contribution is 0.0906. The summed E-state index contributed by atoms with van der Waals surface area (Å²) in [6.45, 7) is 4.10. The molecule has 1 unspecified atom stereocenters. The van der Waals surface area contributed by atoms with Crippen molar-refractivity contribution in [2.75, 3.05) is 26.7 Å². The number of hydrogen-bond acceptors (Lipinski definition) is 3. The number of pyridine rings is 1. The molecule has 0 amide bonds. The number of aromatic nitrogens is 1. The molecule has 1 atom stereocenters.